The zero-order valence-corrected chi connectivity index (χ0v) is 10.1. The summed E-state index contributed by atoms with van der Waals surface area (Å²) in [6.07, 6.45) is -0.149. The minimum Gasteiger partial charge on any atom is -0.508 e. The van der Waals surface area contributed by atoms with E-state index < -0.39 is 6.10 Å². The highest BCUT2D eigenvalue weighted by molar-refractivity contribution is 5.68. The van der Waals surface area contributed by atoms with Crippen LogP contribution in [0.3, 0.4) is 0 Å². The van der Waals surface area contributed by atoms with E-state index in [1.807, 2.05) is 36.4 Å². The van der Waals surface area contributed by atoms with Crippen molar-refractivity contribution < 1.29 is 10.2 Å². The minimum atomic E-state index is -0.589. The lowest BCUT2D eigenvalue weighted by atomic mass is 9.95. The van der Waals surface area contributed by atoms with Crippen molar-refractivity contribution >= 4 is 0 Å². The summed E-state index contributed by atoms with van der Waals surface area (Å²) in [5.74, 6) is 0.203. The van der Waals surface area contributed by atoms with Crippen molar-refractivity contribution in [3.8, 4) is 16.9 Å². The topological polar surface area (TPSA) is 66.5 Å². The molecule has 0 aliphatic carbocycles. The first-order valence-corrected chi connectivity index (χ1v) is 5.96. The van der Waals surface area contributed by atoms with Crippen molar-refractivity contribution in [3.63, 3.8) is 0 Å². The Morgan fingerprint density at radius 2 is 1.78 bits per heavy atom. The zero-order valence-electron chi connectivity index (χ0n) is 10.1. The lowest BCUT2D eigenvalue weighted by molar-refractivity contribution is 0.183. The smallest absolute Gasteiger partial charge is 0.115 e. The second-order valence-electron chi connectivity index (χ2n) is 4.30. The molecular formula is C15H17NO2. The molecule has 0 fully saturated rings. The largest absolute Gasteiger partial charge is 0.508 e. The minimum absolute atomic E-state index is 0.203. The predicted molar refractivity (Wildman–Crippen MR) is 72.3 cm³/mol. The van der Waals surface area contributed by atoms with Gasteiger partial charge in [0.15, 0.2) is 0 Å². The zero-order chi connectivity index (χ0) is 13.0. The van der Waals surface area contributed by atoms with Crippen LogP contribution in [0.1, 0.15) is 5.56 Å². The fourth-order valence-corrected chi connectivity index (χ4v) is 1.99. The summed E-state index contributed by atoms with van der Waals surface area (Å²) < 4.78 is 0. The molecular weight excluding hydrogens is 226 g/mol. The Hall–Kier alpha value is -1.84. The highest BCUT2D eigenvalue weighted by Crippen LogP contribution is 2.27. The van der Waals surface area contributed by atoms with Crippen LogP contribution < -0.4 is 5.73 Å². The Labute approximate surface area is 107 Å². The third kappa shape index (κ3) is 2.88. The van der Waals surface area contributed by atoms with Gasteiger partial charge in [-0.1, -0.05) is 36.4 Å². The standard InChI is InChI=1S/C15H17NO2/c16-10-14(18)9-12-8-13(17)6-7-15(12)11-4-2-1-3-5-11/h1-8,14,17-18H,9-10,16H2. The van der Waals surface area contributed by atoms with Crippen molar-refractivity contribution in [2.75, 3.05) is 6.54 Å². The van der Waals surface area contributed by atoms with Crippen LogP contribution in [0.5, 0.6) is 5.75 Å². The second kappa shape index (κ2) is 5.67. The Kier molecular flexibility index (Phi) is 3.97. The molecule has 2 aromatic rings. The van der Waals surface area contributed by atoms with E-state index in [1.54, 1.807) is 12.1 Å². The molecule has 0 aliphatic heterocycles. The maximum absolute atomic E-state index is 9.67. The van der Waals surface area contributed by atoms with E-state index in [0.717, 1.165) is 16.7 Å². The lowest BCUT2D eigenvalue weighted by Gasteiger charge is -2.13. The molecule has 18 heavy (non-hydrogen) atoms. The van der Waals surface area contributed by atoms with Crippen molar-refractivity contribution in [1.82, 2.24) is 0 Å². The van der Waals surface area contributed by atoms with Crippen LogP contribution in [0.25, 0.3) is 11.1 Å². The van der Waals surface area contributed by atoms with Gasteiger partial charge in [-0.3, -0.25) is 0 Å². The van der Waals surface area contributed by atoms with Crippen LogP contribution in [-0.2, 0) is 6.42 Å². The molecule has 0 heterocycles. The van der Waals surface area contributed by atoms with Gasteiger partial charge in [0.2, 0.25) is 0 Å². The number of benzene rings is 2. The average molecular weight is 243 g/mol. The normalized spacial score (nSPS) is 12.3. The van der Waals surface area contributed by atoms with Gasteiger partial charge in [0.25, 0.3) is 0 Å². The molecule has 0 bridgehead atoms. The molecule has 0 spiro atoms. The van der Waals surface area contributed by atoms with Crippen molar-refractivity contribution in [2.45, 2.75) is 12.5 Å². The summed E-state index contributed by atoms with van der Waals surface area (Å²) in [6.45, 7) is 0.212. The van der Waals surface area contributed by atoms with Gasteiger partial charge in [-0.05, 0) is 28.8 Å². The highest BCUT2D eigenvalue weighted by Gasteiger charge is 2.10. The first kappa shape index (κ1) is 12.6. The van der Waals surface area contributed by atoms with Crippen LogP contribution >= 0.6 is 0 Å². The maximum atomic E-state index is 9.67. The van der Waals surface area contributed by atoms with Crippen LogP contribution in [-0.4, -0.2) is 22.9 Å². The van der Waals surface area contributed by atoms with Gasteiger partial charge in [-0.25, -0.2) is 0 Å². The molecule has 1 atom stereocenters. The van der Waals surface area contributed by atoms with Crippen LogP contribution in [0.15, 0.2) is 48.5 Å². The number of hydrogen-bond donors (Lipinski definition) is 3. The van der Waals surface area contributed by atoms with Gasteiger partial charge in [0, 0.05) is 13.0 Å². The molecule has 1 unspecified atom stereocenters. The molecule has 0 radical (unpaired) electrons. The van der Waals surface area contributed by atoms with Gasteiger partial charge >= 0.3 is 0 Å². The van der Waals surface area contributed by atoms with E-state index in [0.29, 0.717) is 6.42 Å². The molecule has 94 valence electrons. The summed E-state index contributed by atoms with van der Waals surface area (Å²) in [5.41, 5.74) is 8.42. The molecule has 2 rings (SSSR count). The van der Waals surface area contributed by atoms with Gasteiger partial charge in [-0.15, -0.1) is 0 Å². The van der Waals surface area contributed by atoms with Crippen molar-refractivity contribution in [3.05, 3.63) is 54.1 Å². The lowest BCUT2D eigenvalue weighted by Crippen LogP contribution is -2.22. The first-order valence-electron chi connectivity index (χ1n) is 5.96. The van der Waals surface area contributed by atoms with E-state index in [9.17, 15) is 10.2 Å². The molecule has 3 nitrogen and oxygen atoms in total. The Balaban J connectivity index is 2.41. The highest BCUT2D eigenvalue weighted by atomic mass is 16.3. The average Bonchev–Trinajstić information content (AvgIpc) is 2.40. The van der Waals surface area contributed by atoms with Gasteiger partial charge in [0.05, 0.1) is 6.10 Å². The van der Waals surface area contributed by atoms with E-state index >= 15 is 0 Å². The molecule has 0 aromatic heterocycles. The molecule has 0 saturated heterocycles. The summed E-state index contributed by atoms with van der Waals surface area (Å²) in [5, 5.41) is 19.2. The summed E-state index contributed by atoms with van der Waals surface area (Å²) in [4.78, 5) is 0. The Bertz CT molecular complexity index is 511. The van der Waals surface area contributed by atoms with E-state index in [2.05, 4.69) is 0 Å². The van der Waals surface area contributed by atoms with Gasteiger partial charge in [-0.2, -0.15) is 0 Å². The second-order valence-corrected chi connectivity index (χ2v) is 4.30. The van der Waals surface area contributed by atoms with Crippen LogP contribution in [0, 0.1) is 0 Å². The SMILES string of the molecule is NCC(O)Cc1cc(O)ccc1-c1ccccc1. The Morgan fingerprint density at radius 1 is 1.06 bits per heavy atom. The molecule has 0 amide bonds. The number of phenols is 1. The van der Waals surface area contributed by atoms with Crippen molar-refractivity contribution in [1.29, 1.82) is 0 Å². The Morgan fingerprint density at radius 3 is 2.44 bits per heavy atom. The number of hydrogen-bond acceptors (Lipinski definition) is 3. The third-order valence-corrected chi connectivity index (χ3v) is 2.90. The van der Waals surface area contributed by atoms with E-state index in [-0.39, 0.29) is 12.3 Å². The molecule has 2 aromatic carbocycles. The molecule has 0 saturated carbocycles. The van der Waals surface area contributed by atoms with Gasteiger partial charge in [0.1, 0.15) is 5.75 Å². The summed E-state index contributed by atoms with van der Waals surface area (Å²) in [6, 6.07) is 15.1. The molecule has 3 heteroatoms. The fraction of sp³-hybridized carbons (Fsp3) is 0.200. The van der Waals surface area contributed by atoms with Crippen LogP contribution in [0.2, 0.25) is 0 Å². The third-order valence-electron chi connectivity index (χ3n) is 2.90. The van der Waals surface area contributed by atoms with Crippen LogP contribution in [0.4, 0.5) is 0 Å². The molecule has 4 N–H and O–H groups in total. The quantitative estimate of drug-likeness (QED) is 0.768. The maximum Gasteiger partial charge on any atom is 0.115 e. The number of aliphatic hydroxyl groups is 1. The number of phenolic OH excluding ortho intramolecular Hbond substituents is 1. The van der Waals surface area contributed by atoms with Gasteiger partial charge < -0.3 is 15.9 Å². The number of aliphatic hydroxyl groups excluding tert-OH is 1. The monoisotopic (exact) mass is 243 g/mol. The predicted octanol–water partition coefficient (Wildman–Crippen LogP) is 1.92. The fourth-order valence-electron chi connectivity index (χ4n) is 1.99. The molecule has 0 aliphatic rings. The summed E-state index contributed by atoms with van der Waals surface area (Å²) in [7, 11) is 0. The van der Waals surface area contributed by atoms with Crippen molar-refractivity contribution in [2.24, 2.45) is 5.73 Å². The number of rotatable bonds is 4. The first-order chi connectivity index (χ1) is 8.70. The van der Waals surface area contributed by atoms with E-state index in [4.69, 9.17) is 5.73 Å². The number of aromatic hydroxyl groups is 1. The summed E-state index contributed by atoms with van der Waals surface area (Å²) >= 11 is 0. The van der Waals surface area contributed by atoms with E-state index in [1.165, 1.54) is 0 Å². The number of nitrogens with two attached hydrogens (primary N) is 1.